The van der Waals surface area contributed by atoms with Gasteiger partial charge in [-0.1, -0.05) is 0 Å². The molecule has 2 rings (SSSR count). The van der Waals surface area contributed by atoms with Gasteiger partial charge in [0, 0.05) is 41.2 Å². The van der Waals surface area contributed by atoms with Crippen molar-refractivity contribution >= 4 is 31.1 Å². The number of sulfonamides is 1. The van der Waals surface area contributed by atoms with E-state index in [0.717, 1.165) is 0 Å². The molecule has 1 heterocycles. The van der Waals surface area contributed by atoms with Crippen LogP contribution in [0.4, 0.5) is 11.4 Å². The fraction of sp³-hybridized carbons (Fsp3) is 0.308. The highest BCUT2D eigenvalue weighted by atomic mass is 32.2. The predicted octanol–water partition coefficient (Wildman–Crippen LogP) is 1.89. The van der Waals surface area contributed by atoms with E-state index >= 15 is 0 Å². The standard InChI is InChI=1S/C13H18N4O3S2/c1-10-14-13(9-17(10)2)22(19,20)16-12-7-5-11(6-8-12)15-21(3,4)18/h5-9,16H,1-4H3. The second kappa shape index (κ2) is 5.73. The third kappa shape index (κ3) is 4.08. The van der Waals surface area contributed by atoms with Crippen molar-refractivity contribution in [1.82, 2.24) is 9.55 Å². The topological polar surface area (TPSA) is 93.4 Å². The summed E-state index contributed by atoms with van der Waals surface area (Å²) in [5.74, 6) is 0.607. The molecule has 0 radical (unpaired) electrons. The Bertz CT molecular complexity index is 878. The van der Waals surface area contributed by atoms with E-state index in [1.54, 1.807) is 42.8 Å². The SMILES string of the molecule is Cc1nc(S(=O)(=O)Nc2ccc(N=S(C)(C)=O)cc2)cn1C. The molecule has 0 aliphatic heterocycles. The minimum absolute atomic E-state index is 0.0357. The van der Waals surface area contributed by atoms with Crippen LogP contribution in [-0.2, 0) is 26.8 Å². The van der Waals surface area contributed by atoms with Gasteiger partial charge in [-0.15, -0.1) is 0 Å². The fourth-order valence-electron chi connectivity index (χ4n) is 1.71. The van der Waals surface area contributed by atoms with Crippen LogP contribution < -0.4 is 4.72 Å². The van der Waals surface area contributed by atoms with Crippen molar-refractivity contribution in [3.63, 3.8) is 0 Å². The fourth-order valence-corrected chi connectivity index (χ4v) is 3.44. The quantitative estimate of drug-likeness (QED) is 0.918. The molecule has 120 valence electrons. The number of anilines is 1. The van der Waals surface area contributed by atoms with Gasteiger partial charge in [-0.25, -0.2) is 9.19 Å². The van der Waals surface area contributed by atoms with Crippen molar-refractivity contribution in [2.75, 3.05) is 17.2 Å². The number of hydrogen-bond donors (Lipinski definition) is 1. The Balaban J connectivity index is 2.25. The maximum absolute atomic E-state index is 12.2. The number of aromatic nitrogens is 2. The Morgan fingerprint density at radius 1 is 1.14 bits per heavy atom. The molecule has 0 aliphatic rings. The molecule has 1 N–H and O–H groups in total. The first-order valence-corrected chi connectivity index (χ1v) is 10.2. The first kappa shape index (κ1) is 16.5. The van der Waals surface area contributed by atoms with Crippen LogP contribution in [0.1, 0.15) is 5.82 Å². The lowest BCUT2D eigenvalue weighted by atomic mass is 10.3. The maximum atomic E-state index is 12.2. The Kier molecular flexibility index (Phi) is 4.30. The monoisotopic (exact) mass is 342 g/mol. The molecule has 9 heteroatoms. The lowest BCUT2D eigenvalue weighted by Crippen LogP contribution is -2.13. The second-order valence-electron chi connectivity index (χ2n) is 5.16. The van der Waals surface area contributed by atoms with Crippen LogP contribution >= 0.6 is 0 Å². The number of imidazole rings is 1. The molecule has 1 aromatic heterocycles. The maximum Gasteiger partial charge on any atom is 0.280 e. The summed E-state index contributed by atoms with van der Waals surface area (Å²) in [4.78, 5) is 4.00. The van der Waals surface area contributed by atoms with Crippen molar-refractivity contribution in [3.8, 4) is 0 Å². The smallest absolute Gasteiger partial charge is 0.280 e. The molecule has 0 bridgehead atoms. The molecule has 0 saturated carbocycles. The summed E-state index contributed by atoms with van der Waals surface area (Å²) in [6, 6.07) is 6.34. The second-order valence-corrected chi connectivity index (χ2v) is 9.34. The van der Waals surface area contributed by atoms with Crippen LogP contribution in [0, 0.1) is 6.92 Å². The molecule has 0 saturated heterocycles. The number of aryl methyl sites for hydroxylation is 2. The molecule has 2 aromatic rings. The Labute approximate surface area is 130 Å². The van der Waals surface area contributed by atoms with Gasteiger partial charge in [-0.2, -0.15) is 12.8 Å². The lowest BCUT2D eigenvalue weighted by molar-refractivity contribution is 0.598. The normalized spacial score (nSPS) is 12.2. The van der Waals surface area contributed by atoms with Gasteiger partial charge in [0.1, 0.15) is 5.82 Å². The summed E-state index contributed by atoms with van der Waals surface area (Å²) < 4.78 is 44.2. The zero-order chi connectivity index (χ0) is 16.5. The van der Waals surface area contributed by atoms with Gasteiger partial charge in [-0.3, -0.25) is 4.72 Å². The molecule has 0 unspecified atom stereocenters. The Hall–Kier alpha value is -1.87. The molecule has 0 amide bonds. The summed E-state index contributed by atoms with van der Waals surface area (Å²) in [6.07, 6.45) is 4.52. The van der Waals surface area contributed by atoms with Crippen LogP contribution in [0.2, 0.25) is 0 Å². The van der Waals surface area contributed by atoms with Gasteiger partial charge in [0.25, 0.3) is 10.0 Å². The van der Waals surface area contributed by atoms with Gasteiger partial charge in [0.2, 0.25) is 0 Å². The van der Waals surface area contributed by atoms with E-state index in [0.29, 0.717) is 17.2 Å². The Morgan fingerprint density at radius 3 is 2.18 bits per heavy atom. The van der Waals surface area contributed by atoms with Gasteiger partial charge in [0.15, 0.2) is 5.03 Å². The summed E-state index contributed by atoms with van der Waals surface area (Å²) in [5.41, 5.74) is 0.924. The van der Waals surface area contributed by atoms with Gasteiger partial charge < -0.3 is 4.57 Å². The van der Waals surface area contributed by atoms with Crippen LogP contribution in [0.3, 0.4) is 0 Å². The summed E-state index contributed by atoms with van der Waals surface area (Å²) in [7, 11) is -4.25. The van der Waals surface area contributed by atoms with E-state index in [2.05, 4.69) is 14.1 Å². The third-order valence-electron chi connectivity index (χ3n) is 2.81. The molecule has 22 heavy (non-hydrogen) atoms. The van der Waals surface area contributed by atoms with Crippen LogP contribution in [0.25, 0.3) is 0 Å². The number of hydrogen-bond acceptors (Lipinski definition) is 5. The minimum Gasteiger partial charge on any atom is -0.337 e. The van der Waals surface area contributed by atoms with Crippen LogP contribution in [0.15, 0.2) is 39.9 Å². The molecular formula is C13H18N4O3S2. The molecule has 0 atom stereocenters. The molecule has 1 aromatic carbocycles. The third-order valence-corrected chi connectivity index (χ3v) is 4.71. The lowest BCUT2D eigenvalue weighted by Gasteiger charge is -2.06. The van der Waals surface area contributed by atoms with E-state index in [9.17, 15) is 12.6 Å². The number of benzene rings is 1. The van der Waals surface area contributed by atoms with Crippen LogP contribution in [0.5, 0.6) is 0 Å². The molecule has 0 spiro atoms. The van der Waals surface area contributed by atoms with Crippen molar-refractivity contribution in [1.29, 1.82) is 0 Å². The van der Waals surface area contributed by atoms with Gasteiger partial charge in [0.05, 0.1) is 5.69 Å². The number of rotatable bonds is 4. The van der Waals surface area contributed by atoms with E-state index in [-0.39, 0.29) is 5.03 Å². The van der Waals surface area contributed by atoms with E-state index in [4.69, 9.17) is 0 Å². The van der Waals surface area contributed by atoms with E-state index in [1.807, 2.05) is 0 Å². The first-order valence-electron chi connectivity index (χ1n) is 6.37. The van der Waals surface area contributed by atoms with Crippen molar-refractivity contribution < 1.29 is 12.6 Å². The van der Waals surface area contributed by atoms with Crippen molar-refractivity contribution in [2.45, 2.75) is 11.9 Å². The van der Waals surface area contributed by atoms with Gasteiger partial charge >= 0.3 is 0 Å². The zero-order valence-electron chi connectivity index (χ0n) is 12.8. The zero-order valence-corrected chi connectivity index (χ0v) is 14.4. The highest BCUT2D eigenvalue weighted by molar-refractivity contribution is 7.92. The van der Waals surface area contributed by atoms with E-state index in [1.165, 1.54) is 18.7 Å². The average Bonchev–Trinajstić information content (AvgIpc) is 2.71. The first-order chi connectivity index (χ1) is 10.1. The molecule has 0 fully saturated rings. The summed E-state index contributed by atoms with van der Waals surface area (Å²) in [6.45, 7) is 1.72. The van der Waals surface area contributed by atoms with Crippen molar-refractivity contribution in [2.24, 2.45) is 11.4 Å². The highest BCUT2D eigenvalue weighted by Gasteiger charge is 2.18. The number of nitrogens with zero attached hydrogens (tertiary/aromatic N) is 3. The minimum atomic E-state index is -3.73. The van der Waals surface area contributed by atoms with Crippen LogP contribution in [-0.4, -0.2) is 34.7 Å². The number of nitrogens with one attached hydrogen (secondary N) is 1. The summed E-state index contributed by atoms with van der Waals surface area (Å²) >= 11 is 0. The molecular weight excluding hydrogens is 324 g/mol. The van der Waals surface area contributed by atoms with Gasteiger partial charge in [-0.05, 0) is 31.2 Å². The molecule has 0 aliphatic carbocycles. The molecule has 7 nitrogen and oxygen atoms in total. The van der Waals surface area contributed by atoms with E-state index < -0.39 is 19.8 Å². The Morgan fingerprint density at radius 2 is 1.73 bits per heavy atom. The highest BCUT2D eigenvalue weighted by Crippen LogP contribution is 2.20. The summed E-state index contributed by atoms with van der Waals surface area (Å²) in [5, 5.41) is -0.0357. The predicted molar refractivity (Wildman–Crippen MR) is 87.3 cm³/mol. The average molecular weight is 342 g/mol. The van der Waals surface area contributed by atoms with Crippen molar-refractivity contribution in [3.05, 3.63) is 36.3 Å². The largest absolute Gasteiger partial charge is 0.337 e.